The van der Waals surface area contributed by atoms with Crippen LogP contribution in [0, 0.1) is 19.8 Å². The number of aryl methyl sites for hydroxylation is 2. The molecule has 30 heavy (non-hydrogen) atoms. The zero-order chi connectivity index (χ0) is 21.9. The van der Waals surface area contributed by atoms with Crippen molar-refractivity contribution in [2.45, 2.75) is 44.6 Å². The molecule has 1 aliphatic rings. The summed E-state index contributed by atoms with van der Waals surface area (Å²) in [5.41, 5.74) is 3.39. The Balaban J connectivity index is 1.69. The Hall–Kier alpha value is -2.38. The van der Waals surface area contributed by atoms with Crippen LogP contribution < -0.4 is 10.1 Å². The average Bonchev–Trinajstić information content (AvgIpc) is 2.73. The third-order valence-corrected chi connectivity index (χ3v) is 7.58. The second-order valence-corrected chi connectivity index (χ2v) is 9.91. The van der Waals surface area contributed by atoms with Crippen LogP contribution >= 0.6 is 0 Å². The Bertz CT molecular complexity index is 1000. The fourth-order valence-corrected chi connectivity index (χ4v) is 5.52. The topological polar surface area (TPSA) is 75.7 Å². The maximum Gasteiger partial charge on any atom is 0.243 e. The molecule has 6 nitrogen and oxygen atoms in total. The minimum atomic E-state index is -3.65. The molecule has 2 aromatic rings. The van der Waals surface area contributed by atoms with Gasteiger partial charge in [-0.15, -0.1) is 0 Å². The van der Waals surface area contributed by atoms with Gasteiger partial charge in [0, 0.05) is 13.1 Å². The van der Waals surface area contributed by atoms with Crippen molar-refractivity contribution in [3.63, 3.8) is 0 Å². The highest BCUT2D eigenvalue weighted by molar-refractivity contribution is 7.89. The summed E-state index contributed by atoms with van der Waals surface area (Å²) >= 11 is 0. The van der Waals surface area contributed by atoms with Gasteiger partial charge in [-0.05, 0) is 69.0 Å². The molecule has 2 atom stereocenters. The minimum Gasteiger partial charge on any atom is -0.497 e. The first-order valence-electron chi connectivity index (χ1n) is 10.2. The Kier molecular flexibility index (Phi) is 6.83. The van der Waals surface area contributed by atoms with Crippen LogP contribution in [-0.2, 0) is 14.8 Å². The molecule has 7 heteroatoms. The minimum absolute atomic E-state index is 0.0999. The summed E-state index contributed by atoms with van der Waals surface area (Å²) < 4.78 is 32.6. The molecule has 1 heterocycles. The normalized spacial score (nSPS) is 18.6. The van der Waals surface area contributed by atoms with Crippen molar-refractivity contribution in [2.24, 2.45) is 5.92 Å². The van der Waals surface area contributed by atoms with Gasteiger partial charge >= 0.3 is 0 Å². The van der Waals surface area contributed by atoms with Gasteiger partial charge in [0.1, 0.15) is 5.75 Å². The summed E-state index contributed by atoms with van der Waals surface area (Å²) in [5.74, 6) is 0.141. The van der Waals surface area contributed by atoms with Crippen LogP contribution in [0.4, 0.5) is 0 Å². The lowest BCUT2D eigenvalue weighted by Crippen LogP contribution is -2.45. The number of amides is 1. The van der Waals surface area contributed by atoms with E-state index in [-0.39, 0.29) is 29.3 Å². The molecule has 0 unspecified atom stereocenters. The van der Waals surface area contributed by atoms with Crippen molar-refractivity contribution >= 4 is 15.9 Å². The maximum absolute atomic E-state index is 13.0. The predicted octanol–water partition coefficient (Wildman–Crippen LogP) is 3.59. The Labute approximate surface area is 179 Å². The quantitative estimate of drug-likeness (QED) is 0.760. The highest BCUT2D eigenvalue weighted by Gasteiger charge is 2.33. The molecule has 1 saturated heterocycles. The molecule has 1 aliphatic heterocycles. The number of methoxy groups -OCH3 is 1. The zero-order valence-corrected chi connectivity index (χ0v) is 18.8. The van der Waals surface area contributed by atoms with E-state index < -0.39 is 10.0 Å². The molecule has 1 fully saturated rings. The van der Waals surface area contributed by atoms with E-state index in [9.17, 15) is 13.2 Å². The van der Waals surface area contributed by atoms with Crippen LogP contribution in [0.3, 0.4) is 0 Å². The van der Waals surface area contributed by atoms with E-state index >= 15 is 0 Å². The molecule has 0 spiro atoms. The molecule has 0 saturated carbocycles. The van der Waals surface area contributed by atoms with Gasteiger partial charge in [0.05, 0.1) is 24.0 Å². The highest BCUT2D eigenvalue weighted by Crippen LogP contribution is 2.26. The van der Waals surface area contributed by atoms with E-state index in [4.69, 9.17) is 4.74 Å². The van der Waals surface area contributed by atoms with Gasteiger partial charge in [-0.25, -0.2) is 8.42 Å². The van der Waals surface area contributed by atoms with Crippen molar-refractivity contribution in [1.82, 2.24) is 9.62 Å². The summed E-state index contributed by atoms with van der Waals surface area (Å²) in [7, 11) is -2.11. The fraction of sp³-hybridized carbons (Fsp3) is 0.435. The van der Waals surface area contributed by atoms with Crippen LogP contribution in [0.2, 0.25) is 0 Å². The molecule has 1 amide bonds. The summed E-state index contributed by atoms with van der Waals surface area (Å²) in [4.78, 5) is 13.1. The summed E-state index contributed by atoms with van der Waals surface area (Å²) in [6.07, 6.45) is 1.34. The first-order valence-corrected chi connectivity index (χ1v) is 11.7. The van der Waals surface area contributed by atoms with Crippen LogP contribution in [0.1, 0.15) is 42.5 Å². The van der Waals surface area contributed by atoms with Gasteiger partial charge < -0.3 is 10.1 Å². The second kappa shape index (κ2) is 9.18. The second-order valence-electron chi connectivity index (χ2n) is 7.97. The van der Waals surface area contributed by atoms with E-state index in [1.54, 1.807) is 24.3 Å². The molecule has 0 aromatic heterocycles. The number of rotatable bonds is 6. The van der Waals surface area contributed by atoms with Crippen molar-refractivity contribution in [3.8, 4) is 5.75 Å². The molecule has 2 aromatic carbocycles. The smallest absolute Gasteiger partial charge is 0.243 e. The number of nitrogens with zero attached hydrogens (tertiary/aromatic N) is 1. The van der Waals surface area contributed by atoms with Crippen molar-refractivity contribution in [1.29, 1.82) is 0 Å². The van der Waals surface area contributed by atoms with E-state index in [1.165, 1.54) is 17.0 Å². The summed E-state index contributed by atoms with van der Waals surface area (Å²) in [6.45, 7) is 6.66. The molecule has 3 rings (SSSR count). The summed E-state index contributed by atoms with van der Waals surface area (Å²) in [5, 5.41) is 3.08. The monoisotopic (exact) mass is 430 g/mol. The molecule has 0 radical (unpaired) electrons. The van der Waals surface area contributed by atoms with Crippen LogP contribution in [0.5, 0.6) is 5.75 Å². The van der Waals surface area contributed by atoms with Gasteiger partial charge in [-0.2, -0.15) is 4.31 Å². The standard InChI is InChI=1S/C23H30N2O4S/c1-16-7-12-22(17(2)14-16)18(3)24-23(26)19-6-5-13-25(15-19)30(27,28)21-10-8-20(29-4)9-11-21/h7-12,14,18-19H,5-6,13,15H2,1-4H3,(H,24,26)/t18-,19+/m0/s1. The number of hydrogen-bond acceptors (Lipinski definition) is 4. The van der Waals surface area contributed by atoms with Crippen molar-refractivity contribution in [2.75, 3.05) is 20.2 Å². The largest absolute Gasteiger partial charge is 0.497 e. The molecule has 0 aliphatic carbocycles. The first-order chi connectivity index (χ1) is 14.2. The number of carbonyl (C=O) groups is 1. The van der Waals surface area contributed by atoms with Crippen molar-refractivity contribution in [3.05, 3.63) is 59.2 Å². The maximum atomic E-state index is 13.0. The number of nitrogens with one attached hydrogen (secondary N) is 1. The number of carbonyl (C=O) groups excluding carboxylic acids is 1. The molecular weight excluding hydrogens is 400 g/mol. The number of sulfonamides is 1. The van der Waals surface area contributed by atoms with Gasteiger partial charge in [-0.1, -0.05) is 23.8 Å². The van der Waals surface area contributed by atoms with Crippen molar-refractivity contribution < 1.29 is 17.9 Å². The predicted molar refractivity (Wildman–Crippen MR) is 117 cm³/mol. The average molecular weight is 431 g/mol. The molecular formula is C23H30N2O4S. The van der Waals surface area contributed by atoms with E-state index in [0.29, 0.717) is 25.1 Å². The number of ether oxygens (including phenoxy) is 1. The Morgan fingerprint density at radius 1 is 1.17 bits per heavy atom. The number of benzene rings is 2. The first kappa shape index (κ1) is 22.3. The van der Waals surface area contributed by atoms with Gasteiger partial charge in [-0.3, -0.25) is 4.79 Å². The van der Waals surface area contributed by atoms with Crippen LogP contribution in [0.25, 0.3) is 0 Å². The molecule has 162 valence electrons. The Morgan fingerprint density at radius 2 is 1.87 bits per heavy atom. The summed E-state index contributed by atoms with van der Waals surface area (Å²) in [6, 6.07) is 12.4. The third-order valence-electron chi connectivity index (χ3n) is 5.70. The Morgan fingerprint density at radius 3 is 2.50 bits per heavy atom. The highest BCUT2D eigenvalue weighted by atomic mass is 32.2. The number of piperidine rings is 1. The van der Waals surface area contributed by atoms with Gasteiger partial charge in [0.15, 0.2) is 0 Å². The van der Waals surface area contributed by atoms with Crippen LogP contribution in [0.15, 0.2) is 47.4 Å². The molecule has 1 N–H and O–H groups in total. The van der Waals surface area contributed by atoms with E-state index in [0.717, 1.165) is 11.1 Å². The fourth-order valence-electron chi connectivity index (χ4n) is 3.99. The van der Waals surface area contributed by atoms with Crippen LogP contribution in [-0.4, -0.2) is 38.8 Å². The molecule has 0 bridgehead atoms. The lowest BCUT2D eigenvalue weighted by molar-refractivity contribution is -0.126. The number of hydrogen-bond donors (Lipinski definition) is 1. The lowest BCUT2D eigenvalue weighted by Gasteiger charge is -2.32. The third kappa shape index (κ3) is 4.84. The lowest BCUT2D eigenvalue weighted by atomic mass is 9.96. The van der Waals surface area contributed by atoms with E-state index in [2.05, 4.69) is 11.4 Å². The van der Waals surface area contributed by atoms with Gasteiger partial charge in [0.25, 0.3) is 0 Å². The zero-order valence-electron chi connectivity index (χ0n) is 18.0. The van der Waals surface area contributed by atoms with E-state index in [1.807, 2.05) is 32.9 Å². The SMILES string of the molecule is COc1ccc(S(=O)(=O)N2CCC[C@@H](C(=O)N[C@@H](C)c3ccc(C)cc3C)C2)cc1. The van der Waals surface area contributed by atoms with Gasteiger partial charge in [0.2, 0.25) is 15.9 Å².